The van der Waals surface area contributed by atoms with Gasteiger partial charge in [-0.3, -0.25) is 4.68 Å². The molecule has 1 aliphatic rings. The fourth-order valence-corrected chi connectivity index (χ4v) is 2.38. The van der Waals surface area contributed by atoms with Crippen LogP contribution in [0.15, 0.2) is 6.07 Å². The zero-order valence-electron chi connectivity index (χ0n) is 8.87. The standard InChI is InChI=1S/C11H19N3/c1-9-8-11(12)13-14(9)10-6-4-2-3-5-7-10/h8,10H,2-7H2,1H3,(H2,12,13). The van der Waals surface area contributed by atoms with Gasteiger partial charge in [-0.2, -0.15) is 5.10 Å². The molecule has 1 aromatic rings. The Morgan fingerprint density at radius 3 is 2.43 bits per heavy atom. The van der Waals surface area contributed by atoms with Crippen molar-refractivity contribution in [2.24, 2.45) is 0 Å². The van der Waals surface area contributed by atoms with Crippen molar-refractivity contribution in [1.29, 1.82) is 0 Å². The third kappa shape index (κ3) is 1.91. The van der Waals surface area contributed by atoms with Crippen molar-refractivity contribution < 1.29 is 0 Å². The first-order valence-corrected chi connectivity index (χ1v) is 5.59. The lowest BCUT2D eigenvalue weighted by Crippen LogP contribution is -2.11. The summed E-state index contributed by atoms with van der Waals surface area (Å²) in [6.45, 7) is 2.09. The maximum Gasteiger partial charge on any atom is 0.145 e. The summed E-state index contributed by atoms with van der Waals surface area (Å²) in [4.78, 5) is 0. The molecule has 0 atom stereocenters. The van der Waals surface area contributed by atoms with E-state index in [1.165, 1.54) is 44.2 Å². The summed E-state index contributed by atoms with van der Waals surface area (Å²) in [6, 6.07) is 2.56. The lowest BCUT2D eigenvalue weighted by molar-refractivity contribution is 0.399. The Hall–Kier alpha value is -0.990. The Morgan fingerprint density at radius 2 is 1.93 bits per heavy atom. The van der Waals surface area contributed by atoms with E-state index in [9.17, 15) is 0 Å². The fraction of sp³-hybridized carbons (Fsp3) is 0.727. The van der Waals surface area contributed by atoms with Crippen molar-refractivity contribution >= 4 is 5.82 Å². The number of hydrogen-bond donors (Lipinski definition) is 1. The molecular formula is C11H19N3. The molecule has 0 bridgehead atoms. The van der Waals surface area contributed by atoms with Crippen molar-refractivity contribution in [3.05, 3.63) is 11.8 Å². The number of aromatic nitrogens is 2. The molecule has 0 spiro atoms. The van der Waals surface area contributed by atoms with Gasteiger partial charge < -0.3 is 5.73 Å². The number of nitrogens with zero attached hydrogens (tertiary/aromatic N) is 2. The van der Waals surface area contributed by atoms with Crippen LogP contribution in [-0.4, -0.2) is 9.78 Å². The number of nitrogens with two attached hydrogens (primary N) is 1. The van der Waals surface area contributed by atoms with Crippen LogP contribution in [0.25, 0.3) is 0 Å². The van der Waals surface area contributed by atoms with Crippen LogP contribution in [0.4, 0.5) is 5.82 Å². The lowest BCUT2D eigenvalue weighted by atomic mass is 10.1. The van der Waals surface area contributed by atoms with E-state index in [2.05, 4.69) is 16.7 Å². The highest BCUT2D eigenvalue weighted by Crippen LogP contribution is 2.28. The molecule has 1 aromatic heterocycles. The lowest BCUT2D eigenvalue weighted by Gasteiger charge is -2.16. The average Bonchev–Trinajstić information content (AvgIpc) is 2.43. The molecule has 0 aliphatic heterocycles. The summed E-state index contributed by atoms with van der Waals surface area (Å²) < 4.78 is 2.13. The summed E-state index contributed by atoms with van der Waals surface area (Å²) in [7, 11) is 0. The van der Waals surface area contributed by atoms with Crippen LogP contribution in [0.5, 0.6) is 0 Å². The third-order valence-corrected chi connectivity index (χ3v) is 3.11. The highest BCUT2D eigenvalue weighted by atomic mass is 15.3. The van der Waals surface area contributed by atoms with E-state index in [0.717, 1.165) is 0 Å². The minimum absolute atomic E-state index is 0.592. The normalized spacial score (nSPS) is 19.5. The second-order valence-electron chi connectivity index (χ2n) is 4.30. The minimum atomic E-state index is 0.592. The minimum Gasteiger partial charge on any atom is -0.382 e. The van der Waals surface area contributed by atoms with Crippen LogP contribution >= 0.6 is 0 Å². The molecule has 14 heavy (non-hydrogen) atoms. The van der Waals surface area contributed by atoms with Crippen LogP contribution in [0, 0.1) is 6.92 Å². The maximum absolute atomic E-state index is 5.69. The first-order chi connectivity index (χ1) is 6.77. The quantitative estimate of drug-likeness (QED) is 0.697. The number of aryl methyl sites for hydroxylation is 1. The molecule has 0 unspecified atom stereocenters. The molecule has 1 fully saturated rings. The van der Waals surface area contributed by atoms with E-state index >= 15 is 0 Å². The van der Waals surface area contributed by atoms with Crippen molar-refractivity contribution in [2.45, 2.75) is 51.5 Å². The van der Waals surface area contributed by atoms with Gasteiger partial charge in [0.15, 0.2) is 0 Å². The van der Waals surface area contributed by atoms with Gasteiger partial charge in [0.2, 0.25) is 0 Å². The summed E-state index contributed by atoms with van der Waals surface area (Å²) in [5.74, 6) is 0.659. The molecule has 3 nitrogen and oxygen atoms in total. The monoisotopic (exact) mass is 193 g/mol. The van der Waals surface area contributed by atoms with Crippen LogP contribution in [0.3, 0.4) is 0 Å². The van der Waals surface area contributed by atoms with Gasteiger partial charge in [-0.05, 0) is 19.8 Å². The smallest absolute Gasteiger partial charge is 0.145 e. The van der Waals surface area contributed by atoms with Gasteiger partial charge in [0.05, 0.1) is 6.04 Å². The summed E-state index contributed by atoms with van der Waals surface area (Å²) >= 11 is 0. The van der Waals surface area contributed by atoms with Crippen molar-refractivity contribution in [1.82, 2.24) is 9.78 Å². The molecular weight excluding hydrogens is 174 g/mol. The Morgan fingerprint density at radius 1 is 1.29 bits per heavy atom. The molecule has 1 aliphatic carbocycles. The Kier molecular flexibility index (Phi) is 2.75. The van der Waals surface area contributed by atoms with E-state index in [-0.39, 0.29) is 0 Å². The Balaban J connectivity index is 2.15. The molecule has 0 radical (unpaired) electrons. The second kappa shape index (κ2) is 4.03. The van der Waals surface area contributed by atoms with Gasteiger partial charge in [0.1, 0.15) is 5.82 Å². The van der Waals surface area contributed by atoms with Crippen molar-refractivity contribution in [3.63, 3.8) is 0 Å². The van der Waals surface area contributed by atoms with Crippen molar-refractivity contribution in [2.75, 3.05) is 5.73 Å². The van der Waals surface area contributed by atoms with Crippen LogP contribution in [0.1, 0.15) is 50.3 Å². The average molecular weight is 193 g/mol. The van der Waals surface area contributed by atoms with E-state index in [1.54, 1.807) is 0 Å². The zero-order valence-corrected chi connectivity index (χ0v) is 8.87. The molecule has 3 heteroatoms. The molecule has 2 N–H and O–H groups in total. The molecule has 2 rings (SSSR count). The van der Waals surface area contributed by atoms with Crippen LogP contribution < -0.4 is 5.73 Å². The molecule has 78 valence electrons. The zero-order chi connectivity index (χ0) is 9.97. The summed E-state index contributed by atoms with van der Waals surface area (Å²) in [5, 5.41) is 4.37. The van der Waals surface area contributed by atoms with Gasteiger partial charge >= 0.3 is 0 Å². The largest absolute Gasteiger partial charge is 0.382 e. The number of hydrogen-bond acceptors (Lipinski definition) is 2. The topological polar surface area (TPSA) is 43.8 Å². The highest BCUT2D eigenvalue weighted by Gasteiger charge is 2.16. The first kappa shape index (κ1) is 9.56. The van der Waals surface area contributed by atoms with Crippen molar-refractivity contribution in [3.8, 4) is 0 Å². The Labute approximate surface area is 85.3 Å². The van der Waals surface area contributed by atoms with E-state index in [1.807, 2.05) is 6.07 Å². The molecule has 1 saturated carbocycles. The predicted octanol–water partition coefficient (Wildman–Crippen LogP) is 2.67. The maximum atomic E-state index is 5.69. The summed E-state index contributed by atoms with van der Waals surface area (Å²) in [6.07, 6.45) is 7.97. The highest BCUT2D eigenvalue weighted by molar-refractivity contribution is 5.29. The number of rotatable bonds is 1. The van der Waals surface area contributed by atoms with Gasteiger partial charge in [0, 0.05) is 11.8 Å². The van der Waals surface area contributed by atoms with Crippen LogP contribution in [0.2, 0.25) is 0 Å². The third-order valence-electron chi connectivity index (χ3n) is 3.11. The number of anilines is 1. The molecule has 0 aromatic carbocycles. The van der Waals surface area contributed by atoms with E-state index in [4.69, 9.17) is 5.73 Å². The fourth-order valence-electron chi connectivity index (χ4n) is 2.38. The molecule has 0 saturated heterocycles. The molecule has 1 heterocycles. The van der Waals surface area contributed by atoms with Gasteiger partial charge in [-0.15, -0.1) is 0 Å². The predicted molar refractivity (Wildman–Crippen MR) is 58.1 cm³/mol. The first-order valence-electron chi connectivity index (χ1n) is 5.59. The SMILES string of the molecule is Cc1cc(N)nn1C1CCCCCC1. The van der Waals surface area contributed by atoms with Crippen LogP contribution in [-0.2, 0) is 0 Å². The molecule has 0 amide bonds. The van der Waals surface area contributed by atoms with Gasteiger partial charge in [0.25, 0.3) is 0 Å². The second-order valence-corrected chi connectivity index (χ2v) is 4.30. The number of nitrogen functional groups attached to an aromatic ring is 1. The van der Waals surface area contributed by atoms with E-state index < -0.39 is 0 Å². The van der Waals surface area contributed by atoms with E-state index in [0.29, 0.717) is 11.9 Å². The summed E-state index contributed by atoms with van der Waals surface area (Å²) in [5.41, 5.74) is 6.90. The van der Waals surface area contributed by atoms with Gasteiger partial charge in [-0.1, -0.05) is 25.7 Å². The van der Waals surface area contributed by atoms with Gasteiger partial charge in [-0.25, -0.2) is 0 Å². The Bertz CT molecular complexity index is 295.